The smallest absolute Gasteiger partial charge is 0.149 e. The third-order valence-corrected chi connectivity index (χ3v) is 4.55. The van der Waals surface area contributed by atoms with Gasteiger partial charge in [-0.3, -0.25) is 4.90 Å². The first-order valence-corrected chi connectivity index (χ1v) is 7.63. The lowest BCUT2D eigenvalue weighted by Gasteiger charge is -2.35. The van der Waals surface area contributed by atoms with Crippen molar-refractivity contribution in [2.45, 2.75) is 25.3 Å². The summed E-state index contributed by atoms with van der Waals surface area (Å²) in [6, 6.07) is 2.38. The van der Waals surface area contributed by atoms with Crippen LogP contribution < -0.4 is 5.32 Å². The molecular weight excluding hydrogens is 282 g/mol. The number of nitrogens with zero attached hydrogens (tertiary/aromatic N) is 1. The van der Waals surface area contributed by atoms with Gasteiger partial charge in [0.2, 0.25) is 0 Å². The molecule has 1 aliphatic heterocycles. The van der Waals surface area contributed by atoms with Crippen LogP contribution in [0.15, 0.2) is 12.1 Å². The minimum atomic E-state index is -0.587. The van der Waals surface area contributed by atoms with E-state index in [0.29, 0.717) is 5.92 Å². The van der Waals surface area contributed by atoms with E-state index in [2.05, 4.69) is 10.2 Å². The number of benzene rings is 1. The summed E-state index contributed by atoms with van der Waals surface area (Å²) in [7, 11) is 0. The van der Waals surface area contributed by atoms with Gasteiger partial charge in [-0.1, -0.05) is 24.4 Å². The largest absolute Gasteiger partial charge is 0.314 e. The van der Waals surface area contributed by atoms with Crippen LogP contribution in [-0.2, 0) is 0 Å². The van der Waals surface area contributed by atoms with Crippen molar-refractivity contribution in [1.29, 1.82) is 0 Å². The summed E-state index contributed by atoms with van der Waals surface area (Å²) in [6.07, 6.45) is 3.17. The van der Waals surface area contributed by atoms with Gasteiger partial charge in [-0.05, 0) is 24.5 Å². The lowest BCUT2D eigenvalue weighted by molar-refractivity contribution is 0.154. The normalized spacial score (nSPS) is 21.9. The molecule has 2 nitrogen and oxygen atoms in total. The average molecular weight is 301 g/mol. The van der Waals surface area contributed by atoms with Crippen LogP contribution in [0.25, 0.3) is 0 Å². The first-order chi connectivity index (χ1) is 9.66. The van der Waals surface area contributed by atoms with Gasteiger partial charge < -0.3 is 5.32 Å². The van der Waals surface area contributed by atoms with E-state index >= 15 is 0 Å². The van der Waals surface area contributed by atoms with Crippen LogP contribution in [0.5, 0.6) is 0 Å². The topological polar surface area (TPSA) is 15.3 Å². The molecule has 1 saturated heterocycles. The molecule has 1 N–H and O–H groups in total. The second-order valence-corrected chi connectivity index (χ2v) is 6.14. The van der Waals surface area contributed by atoms with Crippen molar-refractivity contribution in [3.63, 3.8) is 0 Å². The van der Waals surface area contributed by atoms with Crippen molar-refractivity contribution in [2.24, 2.45) is 5.92 Å². The first-order valence-electron chi connectivity index (χ1n) is 7.25. The average Bonchev–Trinajstić information content (AvgIpc) is 3.27. The lowest BCUT2D eigenvalue weighted by Crippen LogP contribution is -2.45. The van der Waals surface area contributed by atoms with Gasteiger partial charge in [-0.2, -0.15) is 0 Å². The summed E-state index contributed by atoms with van der Waals surface area (Å²) in [4.78, 5) is 2.19. The van der Waals surface area contributed by atoms with Crippen LogP contribution in [0.4, 0.5) is 8.78 Å². The summed E-state index contributed by atoms with van der Waals surface area (Å²) >= 11 is 5.85. The fraction of sp³-hybridized carbons (Fsp3) is 0.600. The molecular formula is C15H19ClF2N2. The molecule has 1 saturated carbocycles. The van der Waals surface area contributed by atoms with Crippen LogP contribution in [0.1, 0.15) is 30.9 Å². The zero-order chi connectivity index (χ0) is 14.1. The Morgan fingerprint density at radius 1 is 1.25 bits per heavy atom. The Balaban J connectivity index is 1.93. The van der Waals surface area contributed by atoms with E-state index in [4.69, 9.17) is 11.6 Å². The molecule has 1 aromatic carbocycles. The zero-order valence-electron chi connectivity index (χ0n) is 11.3. The second kappa shape index (κ2) is 5.96. The van der Waals surface area contributed by atoms with E-state index in [0.717, 1.165) is 32.6 Å². The molecule has 1 atom stereocenters. The molecule has 0 bridgehead atoms. The third kappa shape index (κ3) is 2.97. The number of hydrogen-bond acceptors (Lipinski definition) is 2. The third-order valence-electron chi connectivity index (χ3n) is 4.26. The SMILES string of the molecule is Fc1ccc(Cl)c(F)c1[C@H](CC1CC1)N1CCNCC1. The first kappa shape index (κ1) is 14.2. The van der Waals surface area contributed by atoms with Gasteiger partial charge >= 0.3 is 0 Å². The van der Waals surface area contributed by atoms with Crippen LogP contribution in [0.2, 0.25) is 5.02 Å². The van der Waals surface area contributed by atoms with Gasteiger partial charge in [0, 0.05) is 37.8 Å². The van der Waals surface area contributed by atoms with Crippen molar-refractivity contribution >= 4 is 11.6 Å². The molecule has 0 radical (unpaired) electrons. The highest BCUT2D eigenvalue weighted by Gasteiger charge is 2.34. The number of nitrogens with one attached hydrogen (secondary N) is 1. The molecule has 3 rings (SSSR count). The maximum atomic E-state index is 14.3. The van der Waals surface area contributed by atoms with E-state index in [1.807, 2.05) is 0 Å². The van der Waals surface area contributed by atoms with Crippen molar-refractivity contribution in [3.8, 4) is 0 Å². The van der Waals surface area contributed by atoms with E-state index in [1.54, 1.807) is 0 Å². The number of piperazine rings is 1. The lowest BCUT2D eigenvalue weighted by atomic mass is 9.97. The Kier molecular flexibility index (Phi) is 4.24. The maximum absolute atomic E-state index is 14.3. The Hall–Kier alpha value is -0.710. The quantitative estimate of drug-likeness (QED) is 0.858. The molecule has 0 unspecified atom stereocenters. The summed E-state index contributed by atoms with van der Waals surface area (Å²) < 4.78 is 28.5. The molecule has 110 valence electrons. The Labute approximate surface area is 123 Å². The van der Waals surface area contributed by atoms with Crippen LogP contribution in [-0.4, -0.2) is 31.1 Å². The van der Waals surface area contributed by atoms with Crippen LogP contribution >= 0.6 is 11.6 Å². The zero-order valence-corrected chi connectivity index (χ0v) is 12.1. The molecule has 2 fully saturated rings. The fourth-order valence-electron chi connectivity index (χ4n) is 2.96. The van der Waals surface area contributed by atoms with Gasteiger partial charge in [0.1, 0.15) is 11.6 Å². The molecule has 1 aliphatic carbocycles. The van der Waals surface area contributed by atoms with Crippen molar-refractivity contribution in [2.75, 3.05) is 26.2 Å². The highest BCUT2D eigenvalue weighted by Crippen LogP contribution is 2.42. The molecule has 0 aromatic heterocycles. The number of rotatable bonds is 4. The summed E-state index contributed by atoms with van der Waals surface area (Å²) in [5.41, 5.74) is 0.159. The van der Waals surface area contributed by atoms with Crippen LogP contribution in [0, 0.1) is 17.6 Å². The maximum Gasteiger partial charge on any atom is 0.149 e. The monoisotopic (exact) mass is 300 g/mol. The summed E-state index contributed by atoms with van der Waals surface area (Å²) in [6.45, 7) is 3.38. The van der Waals surface area contributed by atoms with Crippen molar-refractivity contribution in [3.05, 3.63) is 34.4 Å². The molecule has 2 aliphatic rings. The van der Waals surface area contributed by atoms with Crippen molar-refractivity contribution in [1.82, 2.24) is 10.2 Å². The number of hydrogen-bond donors (Lipinski definition) is 1. The summed E-state index contributed by atoms with van der Waals surface area (Å²) in [5.74, 6) is -0.459. The highest BCUT2D eigenvalue weighted by atomic mass is 35.5. The van der Waals surface area contributed by atoms with Crippen LogP contribution in [0.3, 0.4) is 0 Å². The van der Waals surface area contributed by atoms with Gasteiger partial charge in [0.15, 0.2) is 0 Å². The molecule has 1 heterocycles. The summed E-state index contributed by atoms with van der Waals surface area (Å²) in [5, 5.41) is 3.29. The Bertz CT molecular complexity index is 485. The highest BCUT2D eigenvalue weighted by molar-refractivity contribution is 6.30. The Morgan fingerprint density at radius 3 is 2.60 bits per heavy atom. The molecule has 0 spiro atoms. The minimum Gasteiger partial charge on any atom is -0.314 e. The minimum absolute atomic E-state index is 0.0114. The molecule has 5 heteroatoms. The Morgan fingerprint density at radius 2 is 1.95 bits per heavy atom. The molecule has 20 heavy (non-hydrogen) atoms. The van der Waals surface area contributed by atoms with Gasteiger partial charge in [0.25, 0.3) is 0 Å². The van der Waals surface area contributed by atoms with Gasteiger partial charge in [-0.25, -0.2) is 8.78 Å². The van der Waals surface area contributed by atoms with Gasteiger partial charge in [0.05, 0.1) is 5.02 Å². The van der Waals surface area contributed by atoms with E-state index in [9.17, 15) is 8.78 Å². The predicted octanol–water partition coefficient (Wildman–Crippen LogP) is 3.36. The second-order valence-electron chi connectivity index (χ2n) is 5.74. The fourth-order valence-corrected chi connectivity index (χ4v) is 3.13. The van der Waals surface area contributed by atoms with Crippen molar-refractivity contribution < 1.29 is 8.78 Å². The molecule has 1 aromatic rings. The number of halogens is 3. The van der Waals surface area contributed by atoms with Gasteiger partial charge in [-0.15, -0.1) is 0 Å². The predicted molar refractivity (Wildman–Crippen MR) is 75.9 cm³/mol. The standard InChI is InChI=1S/C15H19ClF2N2/c16-11-3-4-12(17)14(15(11)18)13(9-10-1-2-10)20-7-5-19-6-8-20/h3-4,10,13,19H,1-2,5-9H2/t13-/m0/s1. The molecule has 0 amide bonds. The van der Waals surface area contributed by atoms with E-state index in [1.165, 1.54) is 25.0 Å². The van der Waals surface area contributed by atoms with E-state index < -0.39 is 11.6 Å². The van der Waals surface area contributed by atoms with E-state index in [-0.39, 0.29) is 16.6 Å².